The van der Waals surface area contributed by atoms with E-state index in [0.717, 1.165) is 11.3 Å². The molecule has 1 aromatic carbocycles. The summed E-state index contributed by atoms with van der Waals surface area (Å²) in [5, 5.41) is 15.9. The van der Waals surface area contributed by atoms with Gasteiger partial charge in [-0.1, -0.05) is 16.8 Å². The number of carboxylic acids is 1. The molecule has 20 heavy (non-hydrogen) atoms. The number of methoxy groups -OCH3 is 1. The van der Waals surface area contributed by atoms with Gasteiger partial charge in [0.15, 0.2) is 11.5 Å². The Bertz CT molecular complexity index is 639. The van der Waals surface area contributed by atoms with E-state index >= 15 is 0 Å². The average Bonchev–Trinajstić information content (AvgIpc) is 2.88. The second kappa shape index (κ2) is 5.83. The molecule has 0 bridgehead atoms. The highest BCUT2D eigenvalue weighted by atomic mass is 35.5. The first-order valence-corrected chi connectivity index (χ1v) is 6.16. The van der Waals surface area contributed by atoms with E-state index in [9.17, 15) is 4.79 Å². The zero-order valence-electron chi connectivity index (χ0n) is 10.9. The van der Waals surface area contributed by atoms with Crippen LogP contribution in [0, 0.1) is 6.92 Å². The molecule has 6 nitrogen and oxygen atoms in total. The molecule has 106 valence electrons. The van der Waals surface area contributed by atoms with Crippen molar-refractivity contribution in [3.05, 3.63) is 40.2 Å². The third-order valence-electron chi connectivity index (χ3n) is 2.71. The molecule has 7 heteroatoms. The van der Waals surface area contributed by atoms with Crippen LogP contribution in [0.1, 0.15) is 21.8 Å². The van der Waals surface area contributed by atoms with Crippen LogP contribution in [-0.2, 0) is 6.54 Å². The van der Waals surface area contributed by atoms with Crippen molar-refractivity contribution in [2.45, 2.75) is 13.5 Å². The number of carboxylic acid groups (broad SMARTS) is 1. The van der Waals surface area contributed by atoms with Gasteiger partial charge in [0, 0.05) is 17.2 Å². The summed E-state index contributed by atoms with van der Waals surface area (Å²) in [6, 6.07) is 4.92. The molecule has 0 aliphatic rings. The third-order valence-corrected chi connectivity index (χ3v) is 3.12. The van der Waals surface area contributed by atoms with Crippen LogP contribution in [0.25, 0.3) is 0 Å². The molecule has 2 aromatic rings. The van der Waals surface area contributed by atoms with E-state index < -0.39 is 5.97 Å². The highest BCUT2D eigenvalue weighted by Gasteiger charge is 2.12. The van der Waals surface area contributed by atoms with Crippen molar-refractivity contribution in [2.75, 3.05) is 12.4 Å². The van der Waals surface area contributed by atoms with E-state index in [1.54, 1.807) is 13.2 Å². The Morgan fingerprint density at radius 1 is 1.50 bits per heavy atom. The Labute approximate surface area is 120 Å². The third kappa shape index (κ3) is 3.03. The van der Waals surface area contributed by atoms with Gasteiger partial charge in [-0.05, 0) is 18.6 Å². The van der Waals surface area contributed by atoms with Gasteiger partial charge in [0.25, 0.3) is 0 Å². The molecule has 0 unspecified atom stereocenters. The van der Waals surface area contributed by atoms with Gasteiger partial charge in [-0.25, -0.2) is 4.79 Å². The Hall–Kier alpha value is -2.21. The predicted molar refractivity (Wildman–Crippen MR) is 73.5 cm³/mol. The number of nitrogens with zero attached hydrogens (tertiary/aromatic N) is 1. The van der Waals surface area contributed by atoms with Crippen molar-refractivity contribution in [3.8, 4) is 5.75 Å². The van der Waals surface area contributed by atoms with Crippen LogP contribution >= 0.6 is 11.6 Å². The molecule has 0 saturated heterocycles. The number of nitrogens with one attached hydrogen (secondary N) is 1. The van der Waals surface area contributed by atoms with E-state index in [-0.39, 0.29) is 12.2 Å². The van der Waals surface area contributed by atoms with Gasteiger partial charge >= 0.3 is 5.97 Å². The van der Waals surface area contributed by atoms with Gasteiger partial charge in [-0.2, -0.15) is 0 Å². The number of hydrogen-bond acceptors (Lipinski definition) is 5. The lowest BCUT2D eigenvalue weighted by Crippen LogP contribution is -2.01. The monoisotopic (exact) mass is 296 g/mol. The second-order valence-corrected chi connectivity index (χ2v) is 4.55. The van der Waals surface area contributed by atoms with E-state index in [0.29, 0.717) is 16.5 Å². The fourth-order valence-corrected chi connectivity index (χ4v) is 1.80. The summed E-state index contributed by atoms with van der Waals surface area (Å²) in [5.74, 6) is -0.115. The Kier molecular flexibility index (Phi) is 4.14. The maximum atomic E-state index is 10.7. The lowest BCUT2D eigenvalue weighted by molar-refractivity contribution is 0.0685. The van der Waals surface area contributed by atoms with Crippen molar-refractivity contribution >= 4 is 23.3 Å². The molecule has 0 saturated carbocycles. The summed E-state index contributed by atoms with van der Waals surface area (Å²) in [4.78, 5) is 10.7. The maximum Gasteiger partial charge on any atom is 0.358 e. The number of hydrogen-bond donors (Lipinski definition) is 2. The van der Waals surface area contributed by atoms with Gasteiger partial charge in [0.2, 0.25) is 0 Å². The number of ether oxygens (including phenoxy) is 1. The topological polar surface area (TPSA) is 84.6 Å². The van der Waals surface area contributed by atoms with Crippen molar-refractivity contribution in [1.29, 1.82) is 0 Å². The highest BCUT2D eigenvalue weighted by Crippen LogP contribution is 2.31. The molecular weight excluding hydrogens is 284 g/mol. The lowest BCUT2D eigenvalue weighted by Gasteiger charge is -2.12. The highest BCUT2D eigenvalue weighted by molar-refractivity contribution is 6.31. The summed E-state index contributed by atoms with van der Waals surface area (Å²) < 4.78 is 10.1. The Morgan fingerprint density at radius 2 is 2.25 bits per heavy atom. The molecule has 0 aliphatic heterocycles. The number of rotatable bonds is 5. The molecule has 2 N–H and O–H groups in total. The van der Waals surface area contributed by atoms with Crippen molar-refractivity contribution in [1.82, 2.24) is 5.16 Å². The van der Waals surface area contributed by atoms with Crippen LogP contribution in [0.4, 0.5) is 5.69 Å². The van der Waals surface area contributed by atoms with Gasteiger partial charge in [-0.3, -0.25) is 0 Å². The number of anilines is 1. The predicted octanol–water partition coefficient (Wildman–Crippen LogP) is 2.96. The smallest absolute Gasteiger partial charge is 0.358 e. The second-order valence-electron chi connectivity index (χ2n) is 4.14. The summed E-state index contributed by atoms with van der Waals surface area (Å²) in [5.41, 5.74) is 1.52. The molecule has 0 atom stereocenters. The average molecular weight is 297 g/mol. The zero-order chi connectivity index (χ0) is 14.7. The van der Waals surface area contributed by atoms with E-state index in [4.69, 9.17) is 26.0 Å². The maximum absolute atomic E-state index is 10.7. The number of carbonyl (C=O) groups is 1. The SMILES string of the molecule is COc1cc(Cl)c(C)cc1NCc1cc(C(=O)O)no1. The number of halogens is 1. The zero-order valence-corrected chi connectivity index (χ0v) is 11.7. The number of aryl methyl sites for hydroxylation is 1. The van der Waals surface area contributed by atoms with E-state index in [1.807, 2.05) is 13.0 Å². The van der Waals surface area contributed by atoms with Gasteiger partial charge in [0.05, 0.1) is 19.3 Å². The summed E-state index contributed by atoms with van der Waals surface area (Å²) in [6.45, 7) is 2.17. The van der Waals surface area contributed by atoms with Crippen LogP contribution in [0.3, 0.4) is 0 Å². The van der Waals surface area contributed by atoms with Crippen molar-refractivity contribution < 1.29 is 19.2 Å². The van der Waals surface area contributed by atoms with Gasteiger partial charge in [0.1, 0.15) is 5.75 Å². The molecule has 0 radical (unpaired) electrons. The van der Waals surface area contributed by atoms with Gasteiger partial charge < -0.3 is 19.7 Å². The Morgan fingerprint density at radius 3 is 2.85 bits per heavy atom. The van der Waals surface area contributed by atoms with Gasteiger partial charge in [-0.15, -0.1) is 0 Å². The molecule has 0 spiro atoms. The molecular formula is C13H13ClN2O4. The molecule has 0 fully saturated rings. The van der Waals surface area contributed by atoms with Crippen LogP contribution in [0.5, 0.6) is 5.75 Å². The van der Waals surface area contributed by atoms with Crippen LogP contribution in [0.15, 0.2) is 22.7 Å². The fraction of sp³-hybridized carbons (Fsp3) is 0.231. The first kappa shape index (κ1) is 14.2. The van der Waals surface area contributed by atoms with Crippen molar-refractivity contribution in [2.24, 2.45) is 0 Å². The fourth-order valence-electron chi connectivity index (χ4n) is 1.65. The number of benzene rings is 1. The minimum absolute atomic E-state index is 0.124. The summed E-state index contributed by atoms with van der Waals surface area (Å²) >= 11 is 6.02. The van der Waals surface area contributed by atoms with Crippen LogP contribution in [-0.4, -0.2) is 23.3 Å². The summed E-state index contributed by atoms with van der Waals surface area (Å²) in [7, 11) is 1.54. The standard InChI is InChI=1S/C13H13ClN2O4/c1-7-3-10(12(19-2)5-9(7)14)15-6-8-4-11(13(17)18)16-20-8/h3-5,15H,6H2,1-2H3,(H,17,18). The van der Waals surface area contributed by atoms with Crippen molar-refractivity contribution in [3.63, 3.8) is 0 Å². The summed E-state index contributed by atoms with van der Waals surface area (Å²) in [6.07, 6.45) is 0. The minimum atomic E-state index is -1.13. The Balaban J connectivity index is 2.13. The largest absolute Gasteiger partial charge is 0.495 e. The molecule has 1 heterocycles. The molecule has 0 aliphatic carbocycles. The van der Waals surface area contributed by atoms with Crippen LogP contribution in [0.2, 0.25) is 5.02 Å². The number of aromatic carboxylic acids is 1. The van der Waals surface area contributed by atoms with E-state index in [2.05, 4.69) is 10.5 Å². The quantitative estimate of drug-likeness (QED) is 0.882. The molecule has 1 aromatic heterocycles. The minimum Gasteiger partial charge on any atom is -0.495 e. The lowest BCUT2D eigenvalue weighted by atomic mass is 10.2. The number of aromatic nitrogens is 1. The molecule has 2 rings (SSSR count). The van der Waals surface area contributed by atoms with E-state index in [1.165, 1.54) is 6.07 Å². The van der Waals surface area contributed by atoms with Crippen LogP contribution < -0.4 is 10.1 Å². The first-order chi connectivity index (χ1) is 9.51. The first-order valence-electron chi connectivity index (χ1n) is 5.78. The molecule has 0 amide bonds. The normalized spacial score (nSPS) is 10.3.